The molecule has 2 aromatic rings. The Morgan fingerprint density at radius 2 is 1.96 bits per heavy atom. The van der Waals surface area contributed by atoms with Crippen molar-refractivity contribution < 1.29 is 13.9 Å². The van der Waals surface area contributed by atoms with Crippen LogP contribution in [0.5, 0.6) is 5.75 Å². The molecule has 1 unspecified atom stereocenters. The molecule has 0 aliphatic heterocycles. The zero-order chi connectivity index (χ0) is 16.8. The van der Waals surface area contributed by atoms with Crippen molar-refractivity contribution in [2.75, 3.05) is 13.7 Å². The number of likely N-dealkylation sites (N-methyl/N-ethyl adjacent to an activating group) is 1. The minimum absolute atomic E-state index is 0.0643. The molecule has 0 bridgehead atoms. The van der Waals surface area contributed by atoms with Crippen LogP contribution in [-0.2, 0) is 11.2 Å². The fourth-order valence-electron chi connectivity index (χ4n) is 2.65. The van der Waals surface area contributed by atoms with Crippen LogP contribution in [0.25, 0.3) is 0 Å². The highest BCUT2D eigenvalue weighted by atomic mass is 19.1. The molecule has 0 aliphatic rings. The number of amides is 1. The minimum atomic E-state index is -0.342. The van der Waals surface area contributed by atoms with Crippen molar-refractivity contribution in [2.45, 2.75) is 26.3 Å². The number of carbonyl (C=O) groups excluding carboxylic acids is 1. The Balaban J connectivity index is 2.17. The van der Waals surface area contributed by atoms with E-state index in [1.54, 1.807) is 30.2 Å². The van der Waals surface area contributed by atoms with Crippen LogP contribution in [-0.4, -0.2) is 24.5 Å². The van der Waals surface area contributed by atoms with Crippen LogP contribution in [0.1, 0.15) is 31.0 Å². The van der Waals surface area contributed by atoms with Gasteiger partial charge in [-0.3, -0.25) is 4.79 Å². The van der Waals surface area contributed by atoms with Gasteiger partial charge in [0.05, 0.1) is 19.6 Å². The van der Waals surface area contributed by atoms with Crippen LogP contribution in [0.4, 0.5) is 4.39 Å². The molecule has 0 aliphatic carbocycles. The summed E-state index contributed by atoms with van der Waals surface area (Å²) in [6, 6.07) is 14.0. The van der Waals surface area contributed by atoms with Crippen LogP contribution in [0.15, 0.2) is 48.5 Å². The molecule has 0 aromatic heterocycles. The molecule has 4 heteroatoms. The SMILES string of the molecule is CCN(C(=O)Cc1ccccc1F)C(C)c1cccc(OC)c1. The van der Waals surface area contributed by atoms with E-state index in [9.17, 15) is 9.18 Å². The summed E-state index contributed by atoms with van der Waals surface area (Å²) >= 11 is 0. The number of ether oxygens (including phenoxy) is 1. The van der Waals surface area contributed by atoms with Gasteiger partial charge in [0.2, 0.25) is 5.91 Å². The lowest BCUT2D eigenvalue weighted by Crippen LogP contribution is -2.34. The average molecular weight is 315 g/mol. The molecule has 0 radical (unpaired) electrons. The standard InChI is InChI=1S/C19H22FNO2/c1-4-21(14(2)15-9-7-10-17(12-15)23-3)19(22)13-16-8-5-6-11-18(16)20/h5-12,14H,4,13H2,1-3H3. The Labute approximate surface area is 136 Å². The third-order valence-corrected chi connectivity index (χ3v) is 4.00. The smallest absolute Gasteiger partial charge is 0.227 e. The van der Waals surface area contributed by atoms with Crippen molar-refractivity contribution in [1.82, 2.24) is 4.90 Å². The first-order valence-corrected chi connectivity index (χ1v) is 7.73. The molecule has 0 saturated carbocycles. The number of halogens is 1. The minimum Gasteiger partial charge on any atom is -0.497 e. The van der Waals surface area contributed by atoms with Gasteiger partial charge in [-0.05, 0) is 43.2 Å². The molecule has 2 rings (SSSR count). The highest BCUT2D eigenvalue weighted by molar-refractivity contribution is 5.79. The van der Waals surface area contributed by atoms with Gasteiger partial charge >= 0.3 is 0 Å². The van der Waals surface area contributed by atoms with Gasteiger partial charge in [0.15, 0.2) is 0 Å². The predicted molar refractivity (Wildman–Crippen MR) is 88.9 cm³/mol. The van der Waals surface area contributed by atoms with Gasteiger partial charge in [0, 0.05) is 6.54 Å². The van der Waals surface area contributed by atoms with Gasteiger partial charge in [-0.2, -0.15) is 0 Å². The van der Waals surface area contributed by atoms with Crippen LogP contribution < -0.4 is 4.74 Å². The maximum absolute atomic E-state index is 13.8. The number of nitrogens with zero attached hydrogens (tertiary/aromatic N) is 1. The summed E-state index contributed by atoms with van der Waals surface area (Å²) in [4.78, 5) is 14.3. The summed E-state index contributed by atoms with van der Waals surface area (Å²) in [6.07, 6.45) is 0.0643. The third kappa shape index (κ3) is 4.09. The molecule has 23 heavy (non-hydrogen) atoms. The lowest BCUT2D eigenvalue weighted by molar-refractivity contribution is -0.132. The van der Waals surface area contributed by atoms with E-state index in [4.69, 9.17) is 4.74 Å². The van der Waals surface area contributed by atoms with E-state index in [0.29, 0.717) is 12.1 Å². The van der Waals surface area contributed by atoms with Crippen LogP contribution in [0, 0.1) is 5.82 Å². The molecule has 1 amide bonds. The number of hydrogen-bond donors (Lipinski definition) is 0. The van der Waals surface area contributed by atoms with Crippen molar-refractivity contribution in [3.05, 3.63) is 65.5 Å². The lowest BCUT2D eigenvalue weighted by atomic mass is 10.0. The van der Waals surface area contributed by atoms with Crippen LogP contribution in [0.3, 0.4) is 0 Å². The Hall–Kier alpha value is -2.36. The molecule has 3 nitrogen and oxygen atoms in total. The molecule has 0 N–H and O–H groups in total. The Morgan fingerprint density at radius 3 is 2.61 bits per heavy atom. The second-order valence-corrected chi connectivity index (χ2v) is 5.40. The molecule has 1 atom stereocenters. The van der Waals surface area contributed by atoms with E-state index in [2.05, 4.69) is 0 Å². The lowest BCUT2D eigenvalue weighted by Gasteiger charge is -2.29. The number of benzene rings is 2. The van der Waals surface area contributed by atoms with Gasteiger partial charge in [-0.1, -0.05) is 30.3 Å². The van der Waals surface area contributed by atoms with Crippen molar-refractivity contribution in [2.24, 2.45) is 0 Å². The first kappa shape index (κ1) is 17.0. The van der Waals surface area contributed by atoms with Crippen molar-refractivity contribution >= 4 is 5.91 Å². The summed E-state index contributed by atoms with van der Waals surface area (Å²) in [5.41, 5.74) is 1.42. The van der Waals surface area contributed by atoms with Crippen molar-refractivity contribution in [1.29, 1.82) is 0 Å². The van der Waals surface area contributed by atoms with E-state index < -0.39 is 0 Å². The van der Waals surface area contributed by atoms with Gasteiger partial charge < -0.3 is 9.64 Å². The first-order valence-electron chi connectivity index (χ1n) is 7.73. The van der Waals surface area contributed by atoms with E-state index >= 15 is 0 Å². The molecular formula is C19H22FNO2. The highest BCUT2D eigenvalue weighted by Crippen LogP contribution is 2.24. The Kier molecular flexibility index (Phi) is 5.74. The number of rotatable bonds is 6. The molecule has 0 saturated heterocycles. The van der Waals surface area contributed by atoms with E-state index in [0.717, 1.165) is 11.3 Å². The summed E-state index contributed by atoms with van der Waals surface area (Å²) < 4.78 is 19.0. The largest absolute Gasteiger partial charge is 0.497 e. The zero-order valence-electron chi connectivity index (χ0n) is 13.8. The van der Waals surface area contributed by atoms with Crippen molar-refractivity contribution in [3.63, 3.8) is 0 Å². The predicted octanol–water partition coefficient (Wildman–Crippen LogP) is 3.99. The summed E-state index contributed by atoms with van der Waals surface area (Å²) in [5.74, 6) is 0.325. The third-order valence-electron chi connectivity index (χ3n) is 4.00. The highest BCUT2D eigenvalue weighted by Gasteiger charge is 2.21. The van der Waals surface area contributed by atoms with Crippen LogP contribution >= 0.6 is 0 Å². The second kappa shape index (κ2) is 7.77. The number of methoxy groups -OCH3 is 1. The fraction of sp³-hybridized carbons (Fsp3) is 0.316. The normalized spacial score (nSPS) is 11.8. The van der Waals surface area contributed by atoms with Crippen LogP contribution in [0.2, 0.25) is 0 Å². The average Bonchev–Trinajstić information content (AvgIpc) is 2.57. The summed E-state index contributed by atoms with van der Waals surface area (Å²) in [7, 11) is 1.62. The maximum Gasteiger partial charge on any atom is 0.227 e. The Morgan fingerprint density at radius 1 is 1.22 bits per heavy atom. The topological polar surface area (TPSA) is 29.5 Å². The summed E-state index contributed by atoms with van der Waals surface area (Å²) in [5, 5.41) is 0. The van der Waals surface area contributed by atoms with E-state index in [1.165, 1.54) is 6.07 Å². The van der Waals surface area contributed by atoms with Gasteiger partial charge in [0.25, 0.3) is 0 Å². The zero-order valence-corrected chi connectivity index (χ0v) is 13.8. The first-order chi connectivity index (χ1) is 11.1. The van der Waals surface area contributed by atoms with E-state index in [1.807, 2.05) is 38.1 Å². The number of carbonyl (C=O) groups is 1. The Bertz CT molecular complexity index is 672. The fourth-order valence-corrected chi connectivity index (χ4v) is 2.65. The molecule has 0 heterocycles. The van der Waals surface area contributed by atoms with Crippen molar-refractivity contribution in [3.8, 4) is 5.75 Å². The number of hydrogen-bond acceptors (Lipinski definition) is 2. The maximum atomic E-state index is 13.8. The monoisotopic (exact) mass is 315 g/mol. The van der Waals surface area contributed by atoms with Gasteiger partial charge in [-0.15, -0.1) is 0 Å². The molecule has 0 spiro atoms. The summed E-state index contributed by atoms with van der Waals surface area (Å²) in [6.45, 7) is 4.46. The molecule has 122 valence electrons. The second-order valence-electron chi connectivity index (χ2n) is 5.40. The van der Waals surface area contributed by atoms with Gasteiger partial charge in [-0.25, -0.2) is 4.39 Å². The quantitative estimate of drug-likeness (QED) is 0.807. The molecule has 0 fully saturated rings. The van der Waals surface area contributed by atoms with E-state index in [-0.39, 0.29) is 24.2 Å². The van der Waals surface area contributed by atoms with Gasteiger partial charge in [0.1, 0.15) is 11.6 Å². The molecular weight excluding hydrogens is 293 g/mol. The molecule has 2 aromatic carbocycles.